The van der Waals surface area contributed by atoms with Crippen molar-refractivity contribution in [1.29, 1.82) is 0 Å². The first-order chi connectivity index (χ1) is 14.8. The molecule has 32 heavy (non-hydrogen) atoms. The van der Waals surface area contributed by atoms with E-state index in [1.165, 1.54) is 6.07 Å². The molecule has 2 aromatic rings. The highest BCUT2D eigenvalue weighted by Crippen LogP contribution is 2.37. The predicted octanol–water partition coefficient (Wildman–Crippen LogP) is 2.34. The summed E-state index contributed by atoms with van der Waals surface area (Å²) in [7, 11) is -0.889. The van der Waals surface area contributed by atoms with Crippen molar-refractivity contribution >= 4 is 18.6 Å². The lowest BCUT2D eigenvalue weighted by Gasteiger charge is -2.32. The average molecular weight is 454 g/mol. The highest BCUT2D eigenvalue weighted by molar-refractivity contribution is 6.62. The predicted molar refractivity (Wildman–Crippen MR) is 109 cm³/mol. The molecular formula is C20H26BF3N4O4. The summed E-state index contributed by atoms with van der Waals surface area (Å²) >= 11 is 0. The van der Waals surface area contributed by atoms with Crippen LogP contribution in [0.2, 0.25) is 0 Å². The molecule has 2 heterocycles. The fourth-order valence-corrected chi connectivity index (χ4v) is 3.21. The SMILES string of the molecule is CCOC(=O)Cn1nnc(CCc2ccc(B3OC(C)(C)C(C)(C)O3)cc2C(F)(F)F)n1. The lowest BCUT2D eigenvalue weighted by Crippen LogP contribution is -2.41. The third kappa shape index (κ3) is 5.29. The Hall–Kier alpha value is -2.47. The van der Waals surface area contributed by atoms with Crippen LogP contribution in [0.4, 0.5) is 13.2 Å². The molecule has 0 radical (unpaired) electrons. The number of tetrazole rings is 1. The van der Waals surface area contributed by atoms with E-state index < -0.39 is 36.0 Å². The summed E-state index contributed by atoms with van der Waals surface area (Å²) in [5.74, 6) is -0.286. The van der Waals surface area contributed by atoms with Gasteiger partial charge in [-0.3, -0.25) is 0 Å². The minimum atomic E-state index is -4.55. The first-order valence-electron chi connectivity index (χ1n) is 10.3. The first kappa shape index (κ1) is 24.2. The van der Waals surface area contributed by atoms with Crippen LogP contribution in [0.1, 0.15) is 51.6 Å². The average Bonchev–Trinajstić information content (AvgIpc) is 3.20. The lowest BCUT2D eigenvalue weighted by molar-refractivity contribution is -0.144. The van der Waals surface area contributed by atoms with Crippen LogP contribution < -0.4 is 5.46 Å². The zero-order chi connectivity index (χ0) is 23.7. The van der Waals surface area contributed by atoms with Crippen LogP contribution in [-0.2, 0) is 44.4 Å². The van der Waals surface area contributed by atoms with E-state index in [4.69, 9.17) is 14.0 Å². The summed E-state index contributed by atoms with van der Waals surface area (Å²) < 4.78 is 57.9. The molecule has 0 bridgehead atoms. The summed E-state index contributed by atoms with van der Waals surface area (Å²) in [6, 6.07) is 4.08. The van der Waals surface area contributed by atoms with Crippen LogP contribution in [-0.4, -0.2) is 51.1 Å². The molecule has 1 fully saturated rings. The van der Waals surface area contributed by atoms with Crippen molar-refractivity contribution in [2.45, 2.75) is 71.4 Å². The molecule has 0 saturated carbocycles. The number of carbonyl (C=O) groups excluding carboxylic acids is 1. The maximum absolute atomic E-state index is 13.8. The number of benzene rings is 1. The Kier molecular flexibility index (Phi) is 6.66. The van der Waals surface area contributed by atoms with Crippen molar-refractivity contribution in [2.75, 3.05) is 6.61 Å². The summed E-state index contributed by atoms with van der Waals surface area (Å²) in [5.41, 5.74) is -1.67. The molecule has 8 nitrogen and oxygen atoms in total. The molecule has 1 aromatic heterocycles. The molecule has 1 saturated heterocycles. The van der Waals surface area contributed by atoms with Gasteiger partial charge in [-0.25, -0.2) is 4.79 Å². The largest absolute Gasteiger partial charge is 0.494 e. The van der Waals surface area contributed by atoms with Crippen LogP contribution in [0.3, 0.4) is 0 Å². The van der Waals surface area contributed by atoms with E-state index in [0.29, 0.717) is 5.46 Å². The topological polar surface area (TPSA) is 88.4 Å². The number of aryl methyl sites for hydroxylation is 2. The fraction of sp³-hybridized carbons (Fsp3) is 0.600. The summed E-state index contributed by atoms with van der Waals surface area (Å²) in [4.78, 5) is 12.5. The van der Waals surface area contributed by atoms with Gasteiger partial charge in [-0.05, 0) is 63.3 Å². The molecule has 0 aliphatic carbocycles. The summed E-state index contributed by atoms with van der Waals surface area (Å²) in [6.07, 6.45) is -4.38. The Labute approximate surface area is 184 Å². The van der Waals surface area contributed by atoms with E-state index in [2.05, 4.69) is 15.4 Å². The Morgan fingerprint density at radius 2 is 1.81 bits per heavy atom. The van der Waals surface area contributed by atoms with Gasteiger partial charge in [0.25, 0.3) is 0 Å². The molecule has 12 heteroatoms. The minimum Gasteiger partial charge on any atom is -0.465 e. The molecular weight excluding hydrogens is 428 g/mol. The highest BCUT2D eigenvalue weighted by Gasteiger charge is 2.52. The number of carbonyl (C=O) groups is 1. The minimum absolute atomic E-state index is 0.0452. The van der Waals surface area contributed by atoms with Gasteiger partial charge in [-0.15, -0.1) is 10.2 Å². The quantitative estimate of drug-likeness (QED) is 0.469. The number of halogens is 3. The smallest absolute Gasteiger partial charge is 0.465 e. The number of alkyl halides is 3. The van der Waals surface area contributed by atoms with Crippen molar-refractivity contribution in [3.05, 3.63) is 35.2 Å². The van der Waals surface area contributed by atoms with Crippen molar-refractivity contribution in [3.63, 3.8) is 0 Å². The zero-order valence-corrected chi connectivity index (χ0v) is 18.7. The maximum atomic E-state index is 13.8. The van der Waals surface area contributed by atoms with Crippen molar-refractivity contribution in [1.82, 2.24) is 20.2 Å². The van der Waals surface area contributed by atoms with Gasteiger partial charge < -0.3 is 14.0 Å². The standard InChI is InChI=1S/C20H26BF3N4O4/c1-6-30-17(29)12-28-26-16(25-27-28)10-8-13-7-9-14(11-15(13)20(22,23)24)21-31-18(2,3)19(4,5)32-21/h7,9,11H,6,8,10,12H2,1-5H3. The molecule has 174 valence electrons. The van der Waals surface area contributed by atoms with E-state index >= 15 is 0 Å². The second-order valence-corrected chi connectivity index (χ2v) is 8.54. The molecule has 3 rings (SSSR count). The number of hydrogen-bond donors (Lipinski definition) is 0. The summed E-state index contributed by atoms with van der Waals surface area (Å²) in [5, 5.41) is 11.6. The van der Waals surface area contributed by atoms with Gasteiger partial charge in [0.2, 0.25) is 0 Å². The van der Waals surface area contributed by atoms with Crippen molar-refractivity contribution in [2.24, 2.45) is 0 Å². The third-order valence-electron chi connectivity index (χ3n) is 5.65. The third-order valence-corrected chi connectivity index (χ3v) is 5.65. The molecule has 0 amide bonds. The fourth-order valence-electron chi connectivity index (χ4n) is 3.21. The van der Waals surface area contributed by atoms with E-state index in [-0.39, 0.29) is 37.4 Å². The Bertz CT molecular complexity index is 962. The van der Waals surface area contributed by atoms with Gasteiger partial charge in [0, 0.05) is 6.42 Å². The number of esters is 1. The molecule has 0 unspecified atom stereocenters. The second kappa shape index (κ2) is 8.82. The van der Waals surface area contributed by atoms with Crippen LogP contribution in [0.15, 0.2) is 18.2 Å². The van der Waals surface area contributed by atoms with Crippen LogP contribution in [0.25, 0.3) is 0 Å². The molecule has 1 aromatic carbocycles. The normalized spacial score (nSPS) is 17.6. The van der Waals surface area contributed by atoms with Gasteiger partial charge >= 0.3 is 19.3 Å². The second-order valence-electron chi connectivity index (χ2n) is 8.54. The molecule has 0 atom stereocenters. The Morgan fingerprint density at radius 1 is 1.16 bits per heavy atom. The first-order valence-corrected chi connectivity index (χ1v) is 10.3. The number of aromatic nitrogens is 4. The van der Waals surface area contributed by atoms with Crippen molar-refractivity contribution < 1.29 is 32.0 Å². The van der Waals surface area contributed by atoms with Gasteiger partial charge in [0.1, 0.15) is 0 Å². The molecule has 0 spiro atoms. The van der Waals surface area contributed by atoms with E-state index in [1.807, 2.05) is 27.7 Å². The van der Waals surface area contributed by atoms with Gasteiger partial charge in [0.05, 0.1) is 23.4 Å². The number of hydrogen-bond acceptors (Lipinski definition) is 7. The maximum Gasteiger partial charge on any atom is 0.494 e. The van der Waals surface area contributed by atoms with Gasteiger partial charge in [-0.1, -0.05) is 12.1 Å². The number of nitrogens with zero attached hydrogens (tertiary/aromatic N) is 4. The van der Waals surface area contributed by atoms with Gasteiger partial charge in [0.15, 0.2) is 12.4 Å². The Morgan fingerprint density at radius 3 is 2.41 bits per heavy atom. The molecule has 1 aliphatic heterocycles. The number of rotatable bonds is 7. The molecule has 0 N–H and O–H groups in total. The van der Waals surface area contributed by atoms with Gasteiger partial charge in [-0.2, -0.15) is 18.0 Å². The monoisotopic (exact) mass is 454 g/mol. The Balaban J connectivity index is 1.75. The summed E-state index contributed by atoms with van der Waals surface area (Å²) in [6.45, 7) is 9.05. The van der Waals surface area contributed by atoms with E-state index in [9.17, 15) is 18.0 Å². The van der Waals surface area contributed by atoms with Crippen molar-refractivity contribution in [3.8, 4) is 0 Å². The van der Waals surface area contributed by atoms with Crippen LogP contribution in [0.5, 0.6) is 0 Å². The van der Waals surface area contributed by atoms with Crippen LogP contribution in [0, 0.1) is 0 Å². The molecule has 1 aliphatic rings. The van der Waals surface area contributed by atoms with Crippen LogP contribution >= 0.6 is 0 Å². The number of ether oxygens (including phenoxy) is 1. The van der Waals surface area contributed by atoms with E-state index in [1.54, 1.807) is 13.0 Å². The van der Waals surface area contributed by atoms with E-state index in [0.717, 1.165) is 10.9 Å². The zero-order valence-electron chi connectivity index (χ0n) is 18.7. The highest BCUT2D eigenvalue weighted by atomic mass is 19.4. The lowest BCUT2D eigenvalue weighted by atomic mass is 9.77.